The summed E-state index contributed by atoms with van der Waals surface area (Å²) in [5.41, 5.74) is 3.90. The zero-order valence-corrected chi connectivity index (χ0v) is 21.4. The lowest BCUT2D eigenvalue weighted by atomic mass is 9.87. The van der Waals surface area contributed by atoms with Crippen molar-refractivity contribution in [3.8, 4) is 11.3 Å². The summed E-state index contributed by atoms with van der Waals surface area (Å²) < 4.78 is 22.1. The Morgan fingerprint density at radius 3 is 2.78 bits per heavy atom. The summed E-state index contributed by atoms with van der Waals surface area (Å²) >= 11 is 0. The van der Waals surface area contributed by atoms with Crippen molar-refractivity contribution in [2.75, 3.05) is 5.32 Å². The maximum atomic E-state index is 14.8. The highest BCUT2D eigenvalue weighted by atomic mass is 19.1. The molecule has 1 N–H and O–H groups in total. The molecule has 0 fully saturated rings. The van der Waals surface area contributed by atoms with Crippen molar-refractivity contribution in [2.45, 2.75) is 64.0 Å². The Balaban J connectivity index is 1.39. The van der Waals surface area contributed by atoms with Gasteiger partial charge in [-0.25, -0.2) is 14.4 Å². The summed E-state index contributed by atoms with van der Waals surface area (Å²) in [6.45, 7) is 5.85. The molecule has 0 radical (unpaired) electrons. The molecule has 9 nitrogen and oxygen atoms in total. The molecule has 0 bridgehead atoms. The summed E-state index contributed by atoms with van der Waals surface area (Å²) in [4.78, 5) is 21.9. The third kappa shape index (κ3) is 5.58. The molecule has 4 aromatic rings. The van der Waals surface area contributed by atoms with Crippen LogP contribution in [0.1, 0.15) is 73.7 Å². The fourth-order valence-electron chi connectivity index (χ4n) is 4.58. The summed E-state index contributed by atoms with van der Waals surface area (Å²) in [6.07, 6.45) is 5.70. The van der Waals surface area contributed by atoms with Crippen LogP contribution in [-0.2, 0) is 18.9 Å². The molecule has 37 heavy (non-hydrogen) atoms. The Labute approximate surface area is 214 Å². The van der Waals surface area contributed by atoms with Crippen LogP contribution in [0.2, 0.25) is 0 Å². The minimum atomic E-state index is -0.974. The molecule has 0 aliphatic heterocycles. The number of nitrogens with zero attached hydrogens (tertiary/aromatic N) is 6. The van der Waals surface area contributed by atoms with Gasteiger partial charge in [0.25, 0.3) is 5.89 Å². The molecule has 0 saturated carbocycles. The van der Waals surface area contributed by atoms with Crippen LogP contribution in [0.5, 0.6) is 0 Å². The predicted octanol–water partition coefficient (Wildman–Crippen LogP) is 5.33. The van der Waals surface area contributed by atoms with Gasteiger partial charge >= 0.3 is 0 Å². The van der Waals surface area contributed by atoms with Crippen molar-refractivity contribution in [1.29, 1.82) is 0 Å². The van der Waals surface area contributed by atoms with E-state index in [1.807, 2.05) is 58.3 Å². The quantitative estimate of drug-likeness (QED) is 0.277. The van der Waals surface area contributed by atoms with E-state index in [0.717, 1.165) is 28.1 Å². The van der Waals surface area contributed by atoms with Crippen LogP contribution in [-0.4, -0.2) is 41.9 Å². The van der Waals surface area contributed by atoms with Crippen LogP contribution in [0.25, 0.3) is 11.3 Å². The van der Waals surface area contributed by atoms with Gasteiger partial charge in [0, 0.05) is 43.3 Å². The van der Waals surface area contributed by atoms with Crippen LogP contribution in [0.3, 0.4) is 0 Å². The number of hydrogen-bond donors (Lipinski definition) is 1. The van der Waals surface area contributed by atoms with Gasteiger partial charge in [0.1, 0.15) is 6.17 Å². The van der Waals surface area contributed by atoms with E-state index in [-0.39, 0.29) is 29.4 Å². The number of fused-ring (bicyclic) bond motifs is 1. The lowest BCUT2D eigenvalue weighted by Crippen LogP contribution is -2.11. The molecule has 3 aromatic heterocycles. The van der Waals surface area contributed by atoms with E-state index >= 15 is 0 Å². The van der Waals surface area contributed by atoms with Gasteiger partial charge in [0.15, 0.2) is 0 Å². The molecule has 0 unspecified atom stereocenters. The van der Waals surface area contributed by atoms with Crippen LogP contribution in [0.15, 0.2) is 47.3 Å². The third-order valence-corrected chi connectivity index (χ3v) is 6.50. The zero-order valence-electron chi connectivity index (χ0n) is 21.4. The topological polar surface area (TPSA) is 112 Å². The first kappa shape index (κ1) is 24.7. The Kier molecular flexibility index (Phi) is 6.57. The standard InChI is InChI=1S/C27H30FN7O2/c1-27(2,3)25-34-33-24(37-25)23(36)13-16-5-7-19(28)12-18-11-17(6-8-21(16)18)22-9-10-29-26(32-22)31-20-14-30-35(4)15-20/h6,8-11,14-16,19H,5,7,12-13H2,1-4H3,(H,29,31,32)/t16-,19+/m0/s1. The van der Waals surface area contributed by atoms with Gasteiger partial charge in [-0.1, -0.05) is 32.9 Å². The van der Waals surface area contributed by atoms with Gasteiger partial charge in [-0.3, -0.25) is 9.48 Å². The Hall–Kier alpha value is -3.95. The number of aryl methyl sites for hydroxylation is 1. The lowest BCUT2D eigenvalue weighted by Gasteiger charge is -2.17. The molecule has 1 aliphatic carbocycles. The molecule has 1 aliphatic rings. The average Bonchev–Trinajstić information content (AvgIpc) is 3.48. The summed E-state index contributed by atoms with van der Waals surface area (Å²) in [5, 5.41) is 15.3. The first-order valence-electron chi connectivity index (χ1n) is 12.4. The number of nitrogens with one attached hydrogen (secondary N) is 1. The molecule has 0 saturated heterocycles. The van der Waals surface area contributed by atoms with Crippen molar-refractivity contribution in [3.63, 3.8) is 0 Å². The number of hydrogen-bond acceptors (Lipinski definition) is 8. The van der Waals surface area contributed by atoms with E-state index in [0.29, 0.717) is 31.1 Å². The highest BCUT2D eigenvalue weighted by molar-refractivity contribution is 5.92. The second-order valence-electron chi connectivity index (χ2n) is 10.6. The fraction of sp³-hybridized carbons (Fsp3) is 0.407. The maximum Gasteiger partial charge on any atom is 0.284 e. The Morgan fingerprint density at radius 2 is 2.05 bits per heavy atom. The normalized spacial score (nSPS) is 17.8. The van der Waals surface area contributed by atoms with E-state index in [4.69, 9.17) is 4.42 Å². The summed E-state index contributed by atoms with van der Waals surface area (Å²) in [6, 6.07) is 7.76. The smallest absolute Gasteiger partial charge is 0.284 e. The van der Waals surface area contributed by atoms with Gasteiger partial charge in [0.05, 0.1) is 17.6 Å². The van der Waals surface area contributed by atoms with Gasteiger partial charge in [-0.05, 0) is 42.0 Å². The SMILES string of the molecule is Cn1cc(Nc2nccc(-c3ccc4c(c3)C[C@H](F)CC[C@H]4CC(=O)c3nnc(C(C)(C)C)o3)n2)cn1. The van der Waals surface area contributed by atoms with E-state index in [1.54, 1.807) is 17.1 Å². The summed E-state index contributed by atoms with van der Waals surface area (Å²) in [7, 11) is 1.84. The van der Waals surface area contributed by atoms with E-state index in [2.05, 4.69) is 30.6 Å². The van der Waals surface area contributed by atoms with Crippen LogP contribution in [0, 0.1) is 0 Å². The highest BCUT2D eigenvalue weighted by Crippen LogP contribution is 2.37. The molecule has 5 rings (SSSR count). The van der Waals surface area contributed by atoms with E-state index < -0.39 is 6.17 Å². The third-order valence-electron chi connectivity index (χ3n) is 6.50. The molecule has 10 heteroatoms. The van der Waals surface area contributed by atoms with Gasteiger partial charge in [-0.15, -0.1) is 10.2 Å². The lowest BCUT2D eigenvalue weighted by molar-refractivity contribution is 0.0934. The molecular weight excluding hydrogens is 473 g/mol. The summed E-state index contributed by atoms with van der Waals surface area (Å²) in [5.74, 6) is 0.533. The number of anilines is 2. The van der Waals surface area contributed by atoms with Crippen molar-refractivity contribution in [1.82, 2.24) is 29.9 Å². The van der Waals surface area contributed by atoms with Crippen LogP contribution in [0.4, 0.5) is 16.0 Å². The minimum absolute atomic E-state index is 0.0128. The minimum Gasteiger partial charge on any atom is -0.418 e. The molecule has 192 valence electrons. The van der Waals surface area contributed by atoms with Gasteiger partial charge in [-0.2, -0.15) is 5.10 Å². The monoisotopic (exact) mass is 503 g/mol. The van der Waals surface area contributed by atoms with Gasteiger partial charge < -0.3 is 9.73 Å². The molecule has 1 aromatic carbocycles. The van der Waals surface area contributed by atoms with Crippen molar-refractivity contribution in [2.24, 2.45) is 7.05 Å². The zero-order chi connectivity index (χ0) is 26.2. The molecule has 3 heterocycles. The van der Waals surface area contributed by atoms with Gasteiger partial charge in [0.2, 0.25) is 17.6 Å². The number of Topliss-reactive ketones (excluding diaryl/α,β-unsaturated/α-hetero) is 1. The highest BCUT2D eigenvalue weighted by Gasteiger charge is 2.29. The molecule has 0 amide bonds. The number of aromatic nitrogens is 6. The van der Waals surface area contributed by atoms with Crippen molar-refractivity contribution in [3.05, 3.63) is 65.8 Å². The first-order chi connectivity index (χ1) is 17.7. The van der Waals surface area contributed by atoms with E-state index in [9.17, 15) is 9.18 Å². The second kappa shape index (κ2) is 9.84. The van der Waals surface area contributed by atoms with Crippen molar-refractivity contribution < 1.29 is 13.6 Å². The number of rotatable bonds is 6. The second-order valence-corrected chi connectivity index (χ2v) is 10.6. The van der Waals surface area contributed by atoms with Crippen molar-refractivity contribution >= 4 is 17.4 Å². The number of carbonyl (C=O) groups excluding carboxylic acids is 1. The van der Waals surface area contributed by atoms with E-state index in [1.165, 1.54) is 0 Å². The molecular formula is C27H30FN7O2. The number of carbonyl (C=O) groups is 1. The maximum absolute atomic E-state index is 14.8. The van der Waals surface area contributed by atoms with Crippen LogP contribution >= 0.6 is 0 Å². The number of halogens is 1. The number of alkyl halides is 1. The Morgan fingerprint density at radius 1 is 1.22 bits per heavy atom. The fourth-order valence-corrected chi connectivity index (χ4v) is 4.58. The largest absolute Gasteiger partial charge is 0.418 e. The molecule has 2 atom stereocenters. The predicted molar refractivity (Wildman–Crippen MR) is 136 cm³/mol. The Bertz CT molecular complexity index is 1420. The average molecular weight is 504 g/mol. The molecule has 0 spiro atoms. The first-order valence-corrected chi connectivity index (χ1v) is 12.4. The number of ketones is 1. The van der Waals surface area contributed by atoms with Crippen LogP contribution < -0.4 is 5.32 Å². The number of benzene rings is 1.